The number of amides is 1. The van der Waals surface area contributed by atoms with Crippen molar-refractivity contribution in [3.05, 3.63) is 88.4 Å². The molecule has 5 heteroatoms. The van der Waals surface area contributed by atoms with Crippen LogP contribution in [0.15, 0.2) is 72.4 Å². The second-order valence-electron chi connectivity index (χ2n) is 6.83. The van der Waals surface area contributed by atoms with Crippen LogP contribution < -0.4 is 5.32 Å². The summed E-state index contributed by atoms with van der Waals surface area (Å²) in [5, 5.41) is 5.96. The summed E-state index contributed by atoms with van der Waals surface area (Å²) < 4.78 is 0. The molecule has 1 saturated heterocycles. The lowest BCUT2D eigenvalue weighted by Crippen LogP contribution is -2.45. The highest BCUT2D eigenvalue weighted by atomic mass is 32.1. The van der Waals surface area contributed by atoms with E-state index in [2.05, 4.69) is 58.1 Å². The minimum Gasteiger partial charge on any atom is -0.339 e. The van der Waals surface area contributed by atoms with Crippen LogP contribution in [-0.4, -0.2) is 34.9 Å². The average Bonchev–Trinajstić information content (AvgIpc) is 3.28. The van der Waals surface area contributed by atoms with Crippen LogP contribution in [0.3, 0.4) is 0 Å². The topological polar surface area (TPSA) is 45.2 Å². The molecule has 0 saturated carbocycles. The Hall–Kier alpha value is -2.50. The first-order chi connectivity index (χ1) is 13.3. The van der Waals surface area contributed by atoms with Gasteiger partial charge in [-0.05, 0) is 42.0 Å². The van der Waals surface area contributed by atoms with Crippen molar-refractivity contribution < 1.29 is 4.79 Å². The van der Waals surface area contributed by atoms with E-state index in [-0.39, 0.29) is 11.9 Å². The molecule has 2 aromatic heterocycles. The highest BCUT2D eigenvalue weighted by Gasteiger charge is 2.26. The van der Waals surface area contributed by atoms with E-state index >= 15 is 0 Å². The fraction of sp³-hybridized carbons (Fsp3) is 0.273. The molecule has 138 valence electrons. The van der Waals surface area contributed by atoms with Crippen molar-refractivity contribution in [2.24, 2.45) is 0 Å². The lowest BCUT2D eigenvalue weighted by molar-refractivity contribution is 0.0703. The van der Waals surface area contributed by atoms with Gasteiger partial charge in [0.2, 0.25) is 0 Å². The van der Waals surface area contributed by atoms with Crippen LogP contribution >= 0.6 is 11.3 Å². The number of piperidine rings is 1. The number of aromatic nitrogens is 1. The third-order valence-electron chi connectivity index (χ3n) is 5.07. The molecule has 3 heterocycles. The predicted molar refractivity (Wildman–Crippen MR) is 109 cm³/mol. The van der Waals surface area contributed by atoms with Crippen LogP contribution in [-0.2, 0) is 0 Å². The maximum Gasteiger partial charge on any atom is 0.253 e. The summed E-state index contributed by atoms with van der Waals surface area (Å²) in [6, 6.07) is 19.1. The lowest BCUT2D eigenvalue weighted by Gasteiger charge is -2.34. The second kappa shape index (κ2) is 8.46. The van der Waals surface area contributed by atoms with Crippen molar-refractivity contribution in [2.45, 2.75) is 24.9 Å². The number of carbonyl (C=O) groups excluding carboxylic acids is 1. The van der Waals surface area contributed by atoms with Crippen LogP contribution in [0.5, 0.6) is 0 Å². The highest BCUT2D eigenvalue weighted by Crippen LogP contribution is 2.28. The van der Waals surface area contributed by atoms with Gasteiger partial charge in [-0.15, -0.1) is 11.3 Å². The first-order valence-corrected chi connectivity index (χ1v) is 10.2. The van der Waals surface area contributed by atoms with Crippen molar-refractivity contribution in [3.63, 3.8) is 0 Å². The Labute approximate surface area is 163 Å². The third-order valence-corrected chi connectivity index (χ3v) is 6.01. The molecule has 1 atom stereocenters. The van der Waals surface area contributed by atoms with Crippen LogP contribution in [0, 0.1) is 0 Å². The Morgan fingerprint density at radius 2 is 1.78 bits per heavy atom. The molecule has 0 bridgehead atoms. The Bertz CT molecular complexity index is 844. The maximum atomic E-state index is 12.6. The van der Waals surface area contributed by atoms with Crippen molar-refractivity contribution in [2.75, 3.05) is 13.1 Å². The van der Waals surface area contributed by atoms with Crippen molar-refractivity contribution in [1.82, 2.24) is 15.2 Å². The van der Waals surface area contributed by atoms with Crippen LogP contribution in [0.25, 0.3) is 0 Å². The Kier molecular flexibility index (Phi) is 5.61. The Morgan fingerprint density at radius 1 is 1.04 bits per heavy atom. The van der Waals surface area contributed by atoms with Gasteiger partial charge in [-0.3, -0.25) is 9.78 Å². The molecule has 1 fully saturated rings. The second-order valence-corrected chi connectivity index (χ2v) is 7.81. The smallest absolute Gasteiger partial charge is 0.253 e. The molecule has 3 aromatic rings. The number of benzene rings is 1. The van der Waals surface area contributed by atoms with Gasteiger partial charge in [0.15, 0.2) is 0 Å². The first-order valence-electron chi connectivity index (χ1n) is 9.35. The van der Waals surface area contributed by atoms with Gasteiger partial charge in [0.05, 0.1) is 6.04 Å². The summed E-state index contributed by atoms with van der Waals surface area (Å²) in [7, 11) is 0. The molecule has 0 aliphatic carbocycles. The minimum atomic E-state index is 0.105. The largest absolute Gasteiger partial charge is 0.339 e. The number of hydrogen-bond donors (Lipinski definition) is 1. The van der Waals surface area contributed by atoms with Gasteiger partial charge in [-0.25, -0.2) is 0 Å². The number of thiophene rings is 1. The fourth-order valence-electron chi connectivity index (χ4n) is 3.61. The van der Waals surface area contributed by atoms with Crippen LogP contribution in [0.2, 0.25) is 0 Å². The molecular formula is C22H23N3OS. The molecule has 0 radical (unpaired) electrons. The number of likely N-dealkylation sites (tertiary alicyclic amines) is 1. The molecule has 1 aliphatic rings. The highest BCUT2D eigenvalue weighted by molar-refractivity contribution is 7.10. The van der Waals surface area contributed by atoms with E-state index < -0.39 is 0 Å². The van der Waals surface area contributed by atoms with Crippen molar-refractivity contribution in [3.8, 4) is 0 Å². The summed E-state index contributed by atoms with van der Waals surface area (Å²) in [4.78, 5) is 19.9. The molecule has 1 unspecified atom stereocenters. The molecule has 1 aromatic carbocycles. The zero-order valence-electron chi connectivity index (χ0n) is 15.1. The standard InChI is InChI=1S/C22H23N3OS/c26-22(18-8-12-23-13-9-18)25-14-10-19(11-15-25)24-21(20-7-4-16-27-20)17-5-2-1-3-6-17/h1-9,12-13,16,19,21,24H,10-11,14-15H2. The molecule has 4 rings (SSSR count). The van der Waals surface area contributed by atoms with Crippen molar-refractivity contribution >= 4 is 17.2 Å². The van der Waals surface area contributed by atoms with Crippen LogP contribution in [0.1, 0.15) is 39.7 Å². The molecule has 1 aliphatic heterocycles. The van der Waals surface area contributed by atoms with Gasteiger partial charge in [0, 0.05) is 42.0 Å². The number of pyridine rings is 1. The van der Waals surface area contributed by atoms with E-state index in [0.29, 0.717) is 6.04 Å². The summed E-state index contributed by atoms with van der Waals surface area (Å²) in [5.41, 5.74) is 2.01. The monoisotopic (exact) mass is 377 g/mol. The Morgan fingerprint density at radius 3 is 2.44 bits per heavy atom. The minimum absolute atomic E-state index is 0.105. The van der Waals surface area contributed by atoms with Gasteiger partial charge >= 0.3 is 0 Å². The quantitative estimate of drug-likeness (QED) is 0.727. The number of nitrogens with zero attached hydrogens (tertiary/aromatic N) is 2. The maximum absolute atomic E-state index is 12.6. The van der Waals surface area contributed by atoms with Gasteiger partial charge in [0.1, 0.15) is 0 Å². The molecule has 0 spiro atoms. The summed E-state index contributed by atoms with van der Waals surface area (Å²) in [6.07, 6.45) is 5.27. The molecule has 1 amide bonds. The Balaban J connectivity index is 1.41. The predicted octanol–water partition coefficient (Wildman–Crippen LogP) is 4.13. The molecule has 1 N–H and O–H groups in total. The fourth-order valence-corrected chi connectivity index (χ4v) is 4.42. The number of rotatable bonds is 5. The number of carbonyl (C=O) groups is 1. The average molecular weight is 378 g/mol. The van der Waals surface area contributed by atoms with Gasteiger partial charge in [0.25, 0.3) is 5.91 Å². The van der Waals surface area contributed by atoms with E-state index in [1.807, 2.05) is 4.90 Å². The van der Waals surface area contributed by atoms with E-state index in [1.165, 1.54) is 10.4 Å². The van der Waals surface area contributed by atoms with Crippen LogP contribution in [0.4, 0.5) is 0 Å². The first kappa shape index (κ1) is 17.9. The zero-order valence-corrected chi connectivity index (χ0v) is 15.9. The molecular weight excluding hydrogens is 354 g/mol. The summed E-state index contributed by atoms with van der Waals surface area (Å²) in [5.74, 6) is 0.105. The van der Waals surface area contributed by atoms with Gasteiger partial charge in [-0.2, -0.15) is 0 Å². The third kappa shape index (κ3) is 4.26. The van der Waals surface area contributed by atoms with E-state index in [1.54, 1.807) is 35.9 Å². The zero-order chi connectivity index (χ0) is 18.5. The normalized spacial score (nSPS) is 16.2. The van der Waals surface area contributed by atoms with E-state index in [4.69, 9.17) is 0 Å². The van der Waals surface area contributed by atoms with Crippen molar-refractivity contribution in [1.29, 1.82) is 0 Å². The van der Waals surface area contributed by atoms with E-state index in [0.717, 1.165) is 31.5 Å². The number of nitrogens with one attached hydrogen (secondary N) is 1. The lowest BCUT2D eigenvalue weighted by atomic mass is 9.99. The summed E-state index contributed by atoms with van der Waals surface area (Å²) in [6.45, 7) is 1.57. The van der Waals surface area contributed by atoms with E-state index in [9.17, 15) is 4.79 Å². The molecule has 27 heavy (non-hydrogen) atoms. The number of hydrogen-bond acceptors (Lipinski definition) is 4. The summed E-state index contributed by atoms with van der Waals surface area (Å²) >= 11 is 1.78. The molecule has 4 nitrogen and oxygen atoms in total. The SMILES string of the molecule is O=C(c1ccncc1)N1CCC(NC(c2ccccc2)c2cccs2)CC1. The van der Waals surface area contributed by atoms with Gasteiger partial charge < -0.3 is 10.2 Å². The van der Waals surface area contributed by atoms with Gasteiger partial charge in [-0.1, -0.05) is 36.4 Å².